The number of aliphatic carboxylic acids is 1. The van der Waals surface area contributed by atoms with Gasteiger partial charge in [0.25, 0.3) is 0 Å². The molecule has 2 fully saturated rings. The number of likely N-dealkylation sites (tertiary alicyclic amines) is 1. The average molecular weight is 326 g/mol. The Kier molecular flexibility index (Phi) is 5.98. The van der Waals surface area contributed by atoms with E-state index in [-0.39, 0.29) is 23.8 Å². The molecular formula is C16H26N2O5. The molecule has 1 saturated carbocycles. The first kappa shape index (κ1) is 17.7. The second-order valence-electron chi connectivity index (χ2n) is 6.53. The Morgan fingerprint density at radius 2 is 1.87 bits per heavy atom. The highest BCUT2D eigenvalue weighted by molar-refractivity contribution is 5.87. The van der Waals surface area contributed by atoms with Crippen LogP contribution >= 0.6 is 0 Å². The maximum atomic E-state index is 12.6. The highest BCUT2D eigenvalue weighted by Crippen LogP contribution is 2.37. The number of carboxylic acids is 1. The molecule has 23 heavy (non-hydrogen) atoms. The van der Waals surface area contributed by atoms with Crippen LogP contribution in [0.5, 0.6) is 0 Å². The van der Waals surface area contributed by atoms with E-state index in [0.717, 1.165) is 12.8 Å². The van der Waals surface area contributed by atoms with Crippen molar-refractivity contribution < 1.29 is 24.2 Å². The second-order valence-corrected chi connectivity index (χ2v) is 6.53. The quantitative estimate of drug-likeness (QED) is 0.693. The van der Waals surface area contributed by atoms with Gasteiger partial charge in [-0.1, -0.05) is 0 Å². The molecule has 2 rings (SSSR count). The van der Waals surface area contributed by atoms with Gasteiger partial charge in [0, 0.05) is 26.2 Å². The molecule has 0 spiro atoms. The third-order valence-corrected chi connectivity index (χ3v) is 5.05. The maximum Gasteiger partial charge on any atom is 0.307 e. The van der Waals surface area contributed by atoms with Gasteiger partial charge in [-0.05, 0) is 32.6 Å². The molecule has 2 aliphatic rings. The third-order valence-electron chi connectivity index (χ3n) is 5.05. The molecule has 1 heterocycles. The van der Waals surface area contributed by atoms with Crippen molar-refractivity contribution in [3.8, 4) is 0 Å². The summed E-state index contributed by atoms with van der Waals surface area (Å²) >= 11 is 0. The van der Waals surface area contributed by atoms with Crippen LogP contribution in [0.3, 0.4) is 0 Å². The number of carboxylic acid groups (broad SMARTS) is 1. The SMILES string of the molecule is COCCNC(=O)C1CCC(C)N(C(=O)C2CCC2C(=O)O)C1. The Hall–Kier alpha value is -1.63. The lowest BCUT2D eigenvalue weighted by Crippen LogP contribution is -2.54. The van der Waals surface area contributed by atoms with Crippen molar-refractivity contribution in [2.24, 2.45) is 17.8 Å². The van der Waals surface area contributed by atoms with Gasteiger partial charge in [0.05, 0.1) is 24.4 Å². The van der Waals surface area contributed by atoms with Crippen molar-refractivity contribution >= 4 is 17.8 Å². The molecule has 0 radical (unpaired) electrons. The Morgan fingerprint density at radius 3 is 2.43 bits per heavy atom. The fraction of sp³-hybridized carbons (Fsp3) is 0.812. The molecule has 2 amide bonds. The number of nitrogens with one attached hydrogen (secondary N) is 1. The summed E-state index contributed by atoms with van der Waals surface area (Å²) < 4.78 is 4.91. The lowest BCUT2D eigenvalue weighted by atomic mass is 9.72. The van der Waals surface area contributed by atoms with E-state index in [1.807, 2.05) is 6.92 Å². The summed E-state index contributed by atoms with van der Waals surface area (Å²) in [7, 11) is 1.58. The number of hydrogen-bond acceptors (Lipinski definition) is 4. The van der Waals surface area contributed by atoms with Crippen LogP contribution in [0.15, 0.2) is 0 Å². The van der Waals surface area contributed by atoms with Gasteiger partial charge in [-0.15, -0.1) is 0 Å². The van der Waals surface area contributed by atoms with E-state index >= 15 is 0 Å². The highest BCUT2D eigenvalue weighted by atomic mass is 16.5. The lowest BCUT2D eigenvalue weighted by Gasteiger charge is -2.42. The molecule has 7 nitrogen and oxygen atoms in total. The molecule has 0 aromatic heterocycles. The van der Waals surface area contributed by atoms with Crippen LogP contribution < -0.4 is 5.32 Å². The largest absolute Gasteiger partial charge is 0.481 e. The topological polar surface area (TPSA) is 95.9 Å². The van der Waals surface area contributed by atoms with Gasteiger partial charge in [0.2, 0.25) is 11.8 Å². The number of rotatable bonds is 6. The van der Waals surface area contributed by atoms with E-state index in [1.54, 1.807) is 12.0 Å². The summed E-state index contributed by atoms with van der Waals surface area (Å²) in [6.45, 7) is 3.26. The number of methoxy groups -OCH3 is 1. The lowest BCUT2D eigenvalue weighted by molar-refractivity contribution is -0.159. The van der Waals surface area contributed by atoms with Crippen molar-refractivity contribution in [2.75, 3.05) is 26.8 Å². The first-order valence-electron chi connectivity index (χ1n) is 8.25. The van der Waals surface area contributed by atoms with Crippen molar-refractivity contribution in [3.63, 3.8) is 0 Å². The predicted octanol–water partition coefficient (Wildman–Crippen LogP) is 0.487. The minimum absolute atomic E-state index is 0.0561. The molecule has 130 valence electrons. The van der Waals surface area contributed by atoms with Crippen LogP contribution in [0.4, 0.5) is 0 Å². The van der Waals surface area contributed by atoms with Gasteiger partial charge in [-0.25, -0.2) is 0 Å². The monoisotopic (exact) mass is 326 g/mol. The normalized spacial score (nSPS) is 30.4. The van der Waals surface area contributed by atoms with Gasteiger partial charge in [-0.2, -0.15) is 0 Å². The maximum absolute atomic E-state index is 12.6. The average Bonchev–Trinajstić information content (AvgIpc) is 2.45. The summed E-state index contributed by atoms with van der Waals surface area (Å²) in [6.07, 6.45) is 2.70. The minimum atomic E-state index is -0.895. The Labute approximate surface area is 136 Å². The zero-order valence-electron chi connectivity index (χ0n) is 13.8. The number of hydrogen-bond donors (Lipinski definition) is 2. The summed E-state index contributed by atoms with van der Waals surface area (Å²) in [5, 5.41) is 11.9. The first-order chi connectivity index (χ1) is 11.0. The molecule has 0 aromatic rings. The number of carbonyl (C=O) groups excluding carboxylic acids is 2. The summed E-state index contributed by atoms with van der Waals surface area (Å²) in [5.41, 5.74) is 0. The molecule has 1 aliphatic heterocycles. The van der Waals surface area contributed by atoms with Crippen LogP contribution in [0.1, 0.15) is 32.6 Å². The highest BCUT2D eigenvalue weighted by Gasteiger charge is 2.45. The number of ether oxygens (including phenoxy) is 1. The first-order valence-corrected chi connectivity index (χ1v) is 8.25. The fourth-order valence-electron chi connectivity index (χ4n) is 3.35. The van der Waals surface area contributed by atoms with Crippen molar-refractivity contribution in [2.45, 2.75) is 38.6 Å². The second kappa shape index (κ2) is 7.77. The summed E-state index contributed by atoms with van der Waals surface area (Å²) in [6, 6.07) is 0.0561. The van der Waals surface area contributed by atoms with E-state index in [9.17, 15) is 14.4 Å². The van der Waals surface area contributed by atoms with Crippen LogP contribution in [0.25, 0.3) is 0 Å². The molecule has 4 unspecified atom stereocenters. The van der Waals surface area contributed by atoms with Crippen molar-refractivity contribution in [1.82, 2.24) is 10.2 Å². The standard InChI is InChI=1S/C16H26N2O5/c1-10-3-4-11(14(19)17-7-8-23-2)9-18(10)15(20)12-5-6-13(12)16(21)22/h10-13H,3-9H2,1-2H3,(H,17,19)(H,21,22). The zero-order chi connectivity index (χ0) is 17.0. The van der Waals surface area contributed by atoms with Gasteiger partial charge in [-0.3, -0.25) is 14.4 Å². The smallest absolute Gasteiger partial charge is 0.307 e. The van der Waals surface area contributed by atoms with Crippen molar-refractivity contribution in [1.29, 1.82) is 0 Å². The molecule has 0 bridgehead atoms. The Morgan fingerprint density at radius 1 is 1.17 bits per heavy atom. The Balaban J connectivity index is 1.94. The summed E-state index contributed by atoms with van der Waals surface area (Å²) in [4.78, 5) is 37.7. The van der Waals surface area contributed by atoms with E-state index in [1.165, 1.54) is 0 Å². The fourth-order valence-corrected chi connectivity index (χ4v) is 3.35. The van der Waals surface area contributed by atoms with Gasteiger partial charge < -0.3 is 20.1 Å². The summed E-state index contributed by atoms with van der Waals surface area (Å²) in [5.74, 6) is -2.28. The van der Waals surface area contributed by atoms with Gasteiger partial charge >= 0.3 is 5.97 Å². The number of carbonyl (C=O) groups is 3. The van der Waals surface area contributed by atoms with Crippen LogP contribution in [-0.2, 0) is 19.1 Å². The van der Waals surface area contributed by atoms with Gasteiger partial charge in [0.15, 0.2) is 0 Å². The molecule has 1 saturated heterocycles. The van der Waals surface area contributed by atoms with Gasteiger partial charge in [0.1, 0.15) is 0 Å². The van der Waals surface area contributed by atoms with E-state index < -0.39 is 17.8 Å². The minimum Gasteiger partial charge on any atom is -0.481 e. The predicted molar refractivity (Wildman–Crippen MR) is 82.6 cm³/mol. The molecule has 2 N–H and O–H groups in total. The third kappa shape index (κ3) is 4.02. The van der Waals surface area contributed by atoms with Crippen LogP contribution in [0.2, 0.25) is 0 Å². The molecule has 0 aromatic carbocycles. The molecule has 7 heteroatoms. The van der Waals surface area contributed by atoms with Crippen LogP contribution in [-0.4, -0.2) is 60.6 Å². The van der Waals surface area contributed by atoms with E-state index in [0.29, 0.717) is 32.5 Å². The molecular weight excluding hydrogens is 300 g/mol. The van der Waals surface area contributed by atoms with Crippen LogP contribution in [0, 0.1) is 17.8 Å². The number of nitrogens with zero attached hydrogens (tertiary/aromatic N) is 1. The van der Waals surface area contributed by atoms with E-state index in [4.69, 9.17) is 9.84 Å². The Bertz CT molecular complexity index is 467. The zero-order valence-corrected chi connectivity index (χ0v) is 13.8. The molecule has 4 atom stereocenters. The number of amides is 2. The van der Waals surface area contributed by atoms with Crippen molar-refractivity contribution in [3.05, 3.63) is 0 Å². The van der Waals surface area contributed by atoms with E-state index in [2.05, 4.69) is 5.32 Å². The number of piperidine rings is 1. The molecule has 1 aliphatic carbocycles.